The average Bonchev–Trinajstić information content (AvgIpc) is 2.73. The average molecular weight is 313 g/mol. The number of hydrogen-bond acceptors (Lipinski definition) is 3. The van der Waals surface area contributed by atoms with E-state index in [-0.39, 0.29) is 5.41 Å². The quantitative estimate of drug-likeness (QED) is 0.898. The normalized spacial score (nSPS) is 22.2. The molecule has 0 saturated carbocycles. The summed E-state index contributed by atoms with van der Waals surface area (Å²) in [5, 5.41) is 0. The van der Waals surface area contributed by atoms with Crippen LogP contribution in [-0.2, 0) is 16.6 Å². The van der Waals surface area contributed by atoms with Gasteiger partial charge in [0.15, 0.2) is 0 Å². The molecule has 120 valence electrons. The van der Waals surface area contributed by atoms with Crippen LogP contribution in [0.3, 0.4) is 0 Å². The summed E-state index contributed by atoms with van der Waals surface area (Å²) in [6.07, 6.45) is 4.49. The molecule has 1 aromatic heterocycles. The van der Waals surface area contributed by atoms with E-state index < -0.39 is 10.0 Å². The highest BCUT2D eigenvalue weighted by atomic mass is 32.2. The Morgan fingerprint density at radius 2 is 2.05 bits per heavy atom. The van der Waals surface area contributed by atoms with Crippen LogP contribution in [0.4, 0.5) is 0 Å². The van der Waals surface area contributed by atoms with Gasteiger partial charge in [0.25, 0.3) is 0 Å². The summed E-state index contributed by atoms with van der Waals surface area (Å²) in [6.45, 7) is 8.25. The number of nitrogens with two attached hydrogens (primary N) is 1. The van der Waals surface area contributed by atoms with Gasteiger partial charge >= 0.3 is 0 Å². The summed E-state index contributed by atoms with van der Waals surface area (Å²) in [5.74, 6) is 0.573. The SMILES string of the molecule is CC(C)(C)C1CCCN(S(=O)(=O)c2c[nH]c(CN)c2)CC1. The van der Waals surface area contributed by atoms with Crippen LogP contribution in [0.15, 0.2) is 17.2 Å². The van der Waals surface area contributed by atoms with E-state index in [1.807, 2.05) is 0 Å². The molecule has 0 aliphatic carbocycles. The van der Waals surface area contributed by atoms with Crippen LogP contribution in [0, 0.1) is 11.3 Å². The molecule has 1 saturated heterocycles. The van der Waals surface area contributed by atoms with Gasteiger partial charge in [0.05, 0.1) is 4.90 Å². The van der Waals surface area contributed by atoms with Gasteiger partial charge in [-0.15, -0.1) is 0 Å². The van der Waals surface area contributed by atoms with Crippen LogP contribution in [-0.4, -0.2) is 30.8 Å². The van der Waals surface area contributed by atoms with E-state index in [1.54, 1.807) is 16.6 Å². The van der Waals surface area contributed by atoms with Crippen molar-refractivity contribution in [2.75, 3.05) is 13.1 Å². The number of aromatic nitrogens is 1. The second-order valence-corrected chi connectivity index (χ2v) is 8.90. The largest absolute Gasteiger partial charge is 0.363 e. The molecule has 0 radical (unpaired) electrons. The smallest absolute Gasteiger partial charge is 0.244 e. The van der Waals surface area contributed by atoms with Crippen molar-refractivity contribution >= 4 is 10.0 Å². The molecule has 1 unspecified atom stereocenters. The first kappa shape index (κ1) is 16.5. The minimum Gasteiger partial charge on any atom is -0.363 e. The first-order valence-corrected chi connectivity index (χ1v) is 9.06. The van der Waals surface area contributed by atoms with E-state index in [4.69, 9.17) is 5.73 Å². The van der Waals surface area contributed by atoms with Gasteiger partial charge in [0.2, 0.25) is 10.0 Å². The summed E-state index contributed by atoms with van der Waals surface area (Å²) in [5.41, 5.74) is 6.52. The number of nitrogens with one attached hydrogen (secondary N) is 1. The minimum absolute atomic E-state index is 0.237. The predicted molar refractivity (Wildman–Crippen MR) is 84.2 cm³/mol. The molecule has 0 bridgehead atoms. The molecule has 6 heteroatoms. The third-order valence-electron chi connectivity index (χ3n) is 4.49. The van der Waals surface area contributed by atoms with Crippen molar-refractivity contribution in [2.24, 2.45) is 17.1 Å². The first-order chi connectivity index (χ1) is 9.75. The van der Waals surface area contributed by atoms with Crippen molar-refractivity contribution in [3.63, 3.8) is 0 Å². The number of rotatable bonds is 3. The molecule has 0 amide bonds. The third kappa shape index (κ3) is 3.67. The Morgan fingerprint density at radius 3 is 2.62 bits per heavy atom. The lowest BCUT2D eigenvalue weighted by molar-refractivity contribution is 0.217. The van der Waals surface area contributed by atoms with Gasteiger partial charge in [-0.1, -0.05) is 20.8 Å². The highest BCUT2D eigenvalue weighted by Gasteiger charge is 2.32. The highest BCUT2D eigenvalue weighted by molar-refractivity contribution is 7.89. The fourth-order valence-electron chi connectivity index (χ4n) is 3.01. The first-order valence-electron chi connectivity index (χ1n) is 7.62. The number of H-pyrrole nitrogens is 1. The van der Waals surface area contributed by atoms with Gasteiger partial charge in [0.1, 0.15) is 0 Å². The highest BCUT2D eigenvalue weighted by Crippen LogP contribution is 2.35. The van der Waals surface area contributed by atoms with Gasteiger partial charge in [-0.3, -0.25) is 0 Å². The zero-order valence-electron chi connectivity index (χ0n) is 13.2. The molecular formula is C15H27N3O2S. The summed E-state index contributed by atoms with van der Waals surface area (Å²) < 4.78 is 27.0. The summed E-state index contributed by atoms with van der Waals surface area (Å²) in [6, 6.07) is 1.64. The molecule has 0 aromatic carbocycles. The zero-order chi connectivity index (χ0) is 15.7. The standard InChI is InChI=1S/C15H27N3O2S/c1-15(2,3)12-5-4-7-18(8-6-12)21(19,20)14-9-13(10-16)17-11-14/h9,11-12,17H,4-8,10,16H2,1-3H3. The summed E-state index contributed by atoms with van der Waals surface area (Å²) in [4.78, 5) is 3.25. The van der Waals surface area contributed by atoms with Gasteiger partial charge in [-0.2, -0.15) is 4.31 Å². The maximum atomic E-state index is 12.7. The minimum atomic E-state index is -3.40. The van der Waals surface area contributed by atoms with Crippen LogP contribution >= 0.6 is 0 Å². The van der Waals surface area contributed by atoms with Crippen molar-refractivity contribution < 1.29 is 8.42 Å². The van der Waals surface area contributed by atoms with E-state index in [0.717, 1.165) is 25.0 Å². The van der Waals surface area contributed by atoms with Crippen molar-refractivity contribution in [3.05, 3.63) is 18.0 Å². The molecule has 2 rings (SSSR count). The number of aromatic amines is 1. The Morgan fingerprint density at radius 1 is 1.33 bits per heavy atom. The van der Waals surface area contributed by atoms with Gasteiger partial charge in [-0.25, -0.2) is 8.42 Å². The van der Waals surface area contributed by atoms with Gasteiger partial charge < -0.3 is 10.7 Å². The van der Waals surface area contributed by atoms with E-state index >= 15 is 0 Å². The van der Waals surface area contributed by atoms with Crippen LogP contribution in [0.5, 0.6) is 0 Å². The fourth-order valence-corrected chi connectivity index (χ4v) is 4.52. The number of sulfonamides is 1. The molecule has 21 heavy (non-hydrogen) atoms. The molecule has 1 aliphatic heterocycles. The Hall–Kier alpha value is -0.850. The van der Waals surface area contributed by atoms with E-state index in [9.17, 15) is 8.42 Å². The maximum Gasteiger partial charge on any atom is 0.244 e. The summed E-state index contributed by atoms with van der Waals surface area (Å²) >= 11 is 0. The van der Waals surface area contributed by atoms with Crippen molar-refractivity contribution in [2.45, 2.75) is 51.5 Å². The molecule has 1 aliphatic rings. The van der Waals surface area contributed by atoms with Gasteiger partial charge in [0, 0.05) is 31.5 Å². The van der Waals surface area contributed by atoms with E-state index in [0.29, 0.717) is 30.4 Å². The topological polar surface area (TPSA) is 79.2 Å². The fraction of sp³-hybridized carbons (Fsp3) is 0.733. The lowest BCUT2D eigenvalue weighted by Gasteiger charge is -2.29. The Labute approximate surface area is 128 Å². The Bertz CT molecular complexity index is 572. The predicted octanol–water partition coefficient (Wildman–Crippen LogP) is 2.31. The zero-order valence-corrected chi connectivity index (χ0v) is 14.0. The van der Waals surface area contributed by atoms with Gasteiger partial charge in [-0.05, 0) is 36.7 Å². The second kappa shape index (κ2) is 6.10. The van der Waals surface area contributed by atoms with Crippen molar-refractivity contribution in [3.8, 4) is 0 Å². The monoisotopic (exact) mass is 313 g/mol. The lowest BCUT2D eigenvalue weighted by atomic mass is 9.77. The Balaban J connectivity index is 2.14. The number of hydrogen-bond donors (Lipinski definition) is 2. The lowest BCUT2D eigenvalue weighted by Crippen LogP contribution is -2.32. The molecule has 5 nitrogen and oxygen atoms in total. The molecule has 3 N–H and O–H groups in total. The van der Waals surface area contributed by atoms with E-state index in [1.165, 1.54) is 0 Å². The molecule has 1 aromatic rings. The van der Waals surface area contributed by atoms with Crippen LogP contribution in [0.2, 0.25) is 0 Å². The van der Waals surface area contributed by atoms with E-state index in [2.05, 4.69) is 25.8 Å². The molecule has 1 atom stereocenters. The number of nitrogens with zero attached hydrogens (tertiary/aromatic N) is 1. The molecule has 0 spiro atoms. The second-order valence-electron chi connectivity index (χ2n) is 6.96. The molecule has 2 heterocycles. The Kier molecular flexibility index (Phi) is 4.80. The maximum absolute atomic E-state index is 12.7. The van der Waals surface area contributed by atoms with Crippen molar-refractivity contribution in [1.29, 1.82) is 0 Å². The van der Waals surface area contributed by atoms with Crippen LogP contribution in [0.1, 0.15) is 45.7 Å². The van der Waals surface area contributed by atoms with Crippen LogP contribution < -0.4 is 5.73 Å². The van der Waals surface area contributed by atoms with Crippen molar-refractivity contribution in [1.82, 2.24) is 9.29 Å². The molecular weight excluding hydrogens is 286 g/mol. The third-order valence-corrected chi connectivity index (χ3v) is 6.36. The van der Waals surface area contributed by atoms with Crippen LogP contribution in [0.25, 0.3) is 0 Å². The molecule has 1 fully saturated rings. The summed E-state index contributed by atoms with van der Waals surface area (Å²) in [7, 11) is -3.40.